The molecular formula is C12H15NO2. The highest BCUT2D eigenvalue weighted by Crippen LogP contribution is 2.19. The van der Waals surface area contributed by atoms with E-state index < -0.39 is 0 Å². The molecule has 1 saturated heterocycles. The third-order valence-electron chi connectivity index (χ3n) is 2.64. The Hall–Kier alpha value is -1.35. The molecule has 1 fully saturated rings. The van der Waals surface area contributed by atoms with Gasteiger partial charge in [-0.2, -0.15) is 0 Å². The summed E-state index contributed by atoms with van der Waals surface area (Å²) < 4.78 is 0. The first-order valence-corrected chi connectivity index (χ1v) is 5.26. The smallest absolute Gasteiger partial charge is 0.246 e. The standard InChI is InChI=1S/C12H15NO2/c1-10-7-8-12(14)13(10)15-9-11-5-3-2-4-6-11/h2-6,10H,7-9H2,1H3. The highest BCUT2D eigenvalue weighted by Gasteiger charge is 2.28. The average Bonchev–Trinajstić information content (AvgIpc) is 2.58. The topological polar surface area (TPSA) is 29.5 Å². The second-order valence-corrected chi connectivity index (χ2v) is 3.87. The van der Waals surface area contributed by atoms with Crippen LogP contribution in [0.3, 0.4) is 0 Å². The lowest BCUT2D eigenvalue weighted by Gasteiger charge is -2.20. The van der Waals surface area contributed by atoms with Crippen LogP contribution in [-0.4, -0.2) is 17.0 Å². The molecule has 1 heterocycles. The summed E-state index contributed by atoms with van der Waals surface area (Å²) in [5.74, 6) is 0.0958. The molecule has 2 rings (SSSR count). The molecule has 0 aliphatic carbocycles. The number of rotatable bonds is 3. The lowest BCUT2D eigenvalue weighted by atomic mass is 10.2. The van der Waals surface area contributed by atoms with E-state index in [9.17, 15) is 4.79 Å². The van der Waals surface area contributed by atoms with Crippen molar-refractivity contribution < 1.29 is 9.63 Å². The predicted molar refractivity (Wildman–Crippen MR) is 56.8 cm³/mol. The molecule has 1 aromatic rings. The number of benzene rings is 1. The number of amides is 1. The Morgan fingerprint density at radius 3 is 2.73 bits per heavy atom. The molecule has 1 aliphatic rings. The molecule has 0 spiro atoms. The van der Waals surface area contributed by atoms with Gasteiger partial charge in [0.15, 0.2) is 0 Å². The molecule has 0 N–H and O–H groups in total. The zero-order valence-electron chi connectivity index (χ0n) is 8.85. The summed E-state index contributed by atoms with van der Waals surface area (Å²) in [6, 6.07) is 10.1. The Morgan fingerprint density at radius 1 is 1.40 bits per heavy atom. The van der Waals surface area contributed by atoms with E-state index in [1.165, 1.54) is 5.06 Å². The quantitative estimate of drug-likeness (QED) is 0.756. The van der Waals surface area contributed by atoms with Crippen molar-refractivity contribution in [3.63, 3.8) is 0 Å². The molecule has 1 unspecified atom stereocenters. The maximum absolute atomic E-state index is 11.4. The molecule has 1 atom stereocenters. The molecule has 1 amide bonds. The maximum atomic E-state index is 11.4. The van der Waals surface area contributed by atoms with Gasteiger partial charge in [-0.1, -0.05) is 30.3 Å². The predicted octanol–water partition coefficient (Wildman–Crippen LogP) is 2.13. The molecule has 3 heteroatoms. The number of nitrogens with zero attached hydrogens (tertiary/aromatic N) is 1. The fourth-order valence-corrected chi connectivity index (χ4v) is 1.72. The Labute approximate surface area is 89.6 Å². The number of hydrogen-bond donors (Lipinski definition) is 0. The van der Waals surface area contributed by atoms with E-state index in [1.807, 2.05) is 37.3 Å². The second-order valence-electron chi connectivity index (χ2n) is 3.87. The average molecular weight is 205 g/mol. The van der Waals surface area contributed by atoms with E-state index >= 15 is 0 Å². The number of carbonyl (C=O) groups is 1. The molecule has 0 bridgehead atoms. The van der Waals surface area contributed by atoms with Crippen molar-refractivity contribution in [3.05, 3.63) is 35.9 Å². The fraction of sp³-hybridized carbons (Fsp3) is 0.417. The van der Waals surface area contributed by atoms with Crippen molar-refractivity contribution in [1.82, 2.24) is 5.06 Å². The van der Waals surface area contributed by atoms with E-state index in [0.29, 0.717) is 13.0 Å². The van der Waals surface area contributed by atoms with Crippen LogP contribution in [0.25, 0.3) is 0 Å². The molecule has 1 aromatic carbocycles. The van der Waals surface area contributed by atoms with Gasteiger partial charge >= 0.3 is 0 Å². The fourth-order valence-electron chi connectivity index (χ4n) is 1.72. The van der Waals surface area contributed by atoms with Gasteiger partial charge in [0.25, 0.3) is 0 Å². The Kier molecular flexibility index (Phi) is 3.02. The highest BCUT2D eigenvalue weighted by atomic mass is 16.7. The lowest BCUT2D eigenvalue weighted by Crippen LogP contribution is -2.30. The van der Waals surface area contributed by atoms with Crippen LogP contribution < -0.4 is 0 Å². The highest BCUT2D eigenvalue weighted by molar-refractivity contribution is 5.77. The summed E-state index contributed by atoms with van der Waals surface area (Å²) >= 11 is 0. The second kappa shape index (κ2) is 4.45. The van der Waals surface area contributed by atoms with Crippen LogP contribution in [0.15, 0.2) is 30.3 Å². The number of carbonyl (C=O) groups excluding carboxylic acids is 1. The molecule has 3 nitrogen and oxygen atoms in total. The van der Waals surface area contributed by atoms with Gasteiger partial charge in [-0.25, -0.2) is 5.06 Å². The summed E-state index contributed by atoms with van der Waals surface area (Å²) in [7, 11) is 0. The number of hydrogen-bond acceptors (Lipinski definition) is 2. The summed E-state index contributed by atoms with van der Waals surface area (Å²) in [4.78, 5) is 16.9. The van der Waals surface area contributed by atoms with Crippen molar-refractivity contribution in [2.24, 2.45) is 0 Å². The first-order valence-electron chi connectivity index (χ1n) is 5.26. The summed E-state index contributed by atoms with van der Waals surface area (Å²) in [6.45, 7) is 2.48. The molecule has 15 heavy (non-hydrogen) atoms. The van der Waals surface area contributed by atoms with Crippen molar-refractivity contribution in [2.75, 3.05) is 0 Å². The van der Waals surface area contributed by atoms with Crippen LogP contribution in [0, 0.1) is 0 Å². The van der Waals surface area contributed by atoms with Crippen molar-refractivity contribution >= 4 is 5.91 Å². The molecule has 1 aliphatic heterocycles. The van der Waals surface area contributed by atoms with Crippen LogP contribution >= 0.6 is 0 Å². The van der Waals surface area contributed by atoms with Gasteiger partial charge in [-0.15, -0.1) is 0 Å². The van der Waals surface area contributed by atoms with Gasteiger partial charge in [0, 0.05) is 6.42 Å². The van der Waals surface area contributed by atoms with Crippen molar-refractivity contribution in [2.45, 2.75) is 32.4 Å². The summed E-state index contributed by atoms with van der Waals surface area (Å²) in [5, 5.41) is 1.51. The summed E-state index contributed by atoms with van der Waals surface area (Å²) in [5.41, 5.74) is 1.09. The lowest BCUT2D eigenvalue weighted by molar-refractivity contribution is -0.192. The first-order chi connectivity index (χ1) is 7.27. The minimum Gasteiger partial charge on any atom is -0.273 e. The van der Waals surface area contributed by atoms with Crippen LogP contribution in [-0.2, 0) is 16.2 Å². The SMILES string of the molecule is CC1CCC(=O)N1OCc1ccccc1. The van der Waals surface area contributed by atoms with Crippen LogP contribution in [0.4, 0.5) is 0 Å². The van der Waals surface area contributed by atoms with Gasteiger partial charge < -0.3 is 0 Å². The monoisotopic (exact) mass is 205 g/mol. The minimum atomic E-state index is 0.0958. The largest absolute Gasteiger partial charge is 0.273 e. The van der Waals surface area contributed by atoms with E-state index in [1.54, 1.807) is 0 Å². The van der Waals surface area contributed by atoms with Gasteiger partial charge in [0.1, 0.15) is 6.61 Å². The van der Waals surface area contributed by atoms with Gasteiger partial charge in [-0.05, 0) is 18.9 Å². The molecule has 0 saturated carbocycles. The van der Waals surface area contributed by atoms with E-state index in [-0.39, 0.29) is 11.9 Å². The Bertz CT molecular complexity index is 337. The van der Waals surface area contributed by atoms with Crippen LogP contribution in [0.1, 0.15) is 25.3 Å². The van der Waals surface area contributed by atoms with Crippen molar-refractivity contribution in [3.8, 4) is 0 Å². The van der Waals surface area contributed by atoms with E-state index in [0.717, 1.165) is 12.0 Å². The van der Waals surface area contributed by atoms with Gasteiger partial charge in [0.05, 0.1) is 6.04 Å². The van der Waals surface area contributed by atoms with E-state index in [4.69, 9.17) is 4.84 Å². The van der Waals surface area contributed by atoms with Crippen molar-refractivity contribution in [1.29, 1.82) is 0 Å². The first kappa shape index (κ1) is 10.2. The van der Waals surface area contributed by atoms with Gasteiger partial charge in [0.2, 0.25) is 5.91 Å². The van der Waals surface area contributed by atoms with E-state index in [2.05, 4.69) is 0 Å². The maximum Gasteiger partial charge on any atom is 0.246 e. The van der Waals surface area contributed by atoms with Crippen LogP contribution in [0.2, 0.25) is 0 Å². The minimum absolute atomic E-state index is 0.0958. The zero-order chi connectivity index (χ0) is 10.7. The molecule has 0 radical (unpaired) electrons. The molecular weight excluding hydrogens is 190 g/mol. The van der Waals surface area contributed by atoms with Crippen LogP contribution in [0.5, 0.6) is 0 Å². The number of hydroxylamine groups is 2. The summed E-state index contributed by atoms with van der Waals surface area (Å²) in [6.07, 6.45) is 1.50. The zero-order valence-corrected chi connectivity index (χ0v) is 8.85. The third kappa shape index (κ3) is 2.36. The van der Waals surface area contributed by atoms with Gasteiger partial charge in [-0.3, -0.25) is 9.63 Å². The molecule has 80 valence electrons. The third-order valence-corrected chi connectivity index (χ3v) is 2.64. The normalized spacial score (nSPS) is 21.0. The molecule has 0 aromatic heterocycles. The Balaban J connectivity index is 1.91. The Morgan fingerprint density at radius 2 is 2.13 bits per heavy atom.